The summed E-state index contributed by atoms with van der Waals surface area (Å²) in [6, 6.07) is 36.7. The lowest BCUT2D eigenvalue weighted by molar-refractivity contribution is -0.137. The van der Waals surface area contributed by atoms with Gasteiger partial charge in [0.05, 0.1) is 58.3 Å². The first-order valence-corrected chi connectivity index (χ1v) is 15.3. The highest BCUT2D eigenvalue weighted by Gasteiger charge is 2.32. The minimum absolute atomic E-state index is 0.197. The first-order valence-electron chi connectivity index (χ1n) is 15.3. The van der Waals surface area contributed by atoms with Crippen molar-refractivity contribution in [2.45, 2.75) is 6.18 Å². The van der Waals surface area contributed by atoms with E-state index in [2.05, 4.69) is 15.8 Å². The summed E-state index contributed by atoms with van der Waals surface area (Å²) in [4.78, 5) is 7.25. The molecule has 0 aliphatic rings. The normalized spacial score (nSPS) is 11.4. The van der Waals surface area contributed by atoms with E-state index in [9.17, 15) is 23.7 Å². The molecule has 234 valence electrons. The molecule has 0 aliphatic heterocycles. The second kappa shape index (κ2) is 11.1. The predicted octanol–water partition coefficient (Wildman–Crippen LogP) is 11.4. The molecule has 8 aromatic rings. The lowest BCUT2D eigenvalue weighted by Crippen LogP contribution is -2.07. The van der Waals surface area contributed by atoms with Gasteiger partial charge in [0.25, 0.3) is 0 Å². The van der Waals surface area contributed by atoms with Crippen molar-refractivity contribution in [2.75, 3.05) is 0 Å². The third kappa shape index (κ3) is 4.47. The molecule has 0 unspecified atom stereocenters. The van der Waals surface area contributed by atoms with E-state index in [1.54, 1.807) is 36.4 Å². The van der Waals surface area contributed by atoms with Gasteiger partial charge in [-0.1, -0.05) is 66.7 Å². The van der Waals surface area contributed by atoms with Gasteiger partial charge in [0, 0.05) is 43.7 Å². The number of alkyl halides is 3. The highest BCUT2D eigenvalue weighted by atomic mass is 19.4. The zero-order chi connectivity index (χ0) is 34.7. The summed E-state index contributed by atoms with van der Waals surface area (Å²) in [7, 11) is 0. The van der Waals surface area contributed by atoms with Crippen LogP contribution in [0.4, 0.5) is 24.5 Å². The summed E-state index contributed by atoms with van der Waals surface area (Å²) >= 11 is 0. The quantitative estimate of drug-likeness (QED) is 0.178. The maximum absolute atomic E-state index is 13.9. The number of nitrogens with zero attached hydrogens (tertiary/aromatic N) is 6. The lowest BCUT2D eigenvalue weighted by Gasteiger charge is -2.20. The van der Waals surface area contributed by atoms with E-state index in [0.29, 0.717) is 39.3 Å². The van der Waals surface area contributed by atoms with Gasteiger partial charge in [-0.15, -0.1) is 0 Å². The van der Waals surface area contributed by atoms with Crippen molar-refractivity contribution in [3.05, 3.63) is 155 Å². The molecular formula is C41H19F3N6. The van der Waals surface area contributed by atoms with Crippen molar-refractivity contribution in [1.82, 2.24) is 9.13 Å². The number of fused-ring (bicyclic) bond motifs is 6. The van der Waals surface area contributed by atoms with Crippen molar-refractivity contribution in [3.63, 3.8) is 0 Å². The van der Waals surface area contributed by atoms with Gasteiger partial charge in [0.15, 0.2) is 11.4 Å². The van der Waals surface area contributed by atoms with Crippen LogP contribution in [0, 0.1) is 35.8 Å². The summed E-state index contributed by atoms with van der Waals surface area (Å²) < 4.78 is 45.4. The summed E-state index contributed by atoms with van der Waals surface area (Å²) in [5.74, 6) is 0. The second-order valence-electron chi connectivity index (χ2n) is 11.7. The van der Waals surface area contributed by atoms with E-state index >= 15 is 0 Å². The van der Waals surface area contributed by atoms with E-state index in [1.165, 1.54) is 6.07 Å². The van der Waals surface area contributed by atoms with Gasteiger partial charge in [-0.3, -0.25) is 0 Å². The molecular weight excluding hydrogens is 633 g/mol. The molecule has 2 aromatic heterocycles. The van der Waals surface area contributed by atoms with Gasteiger partial charge in [0.1, 0.15) is 6.07 Å². The number of hydrogen-bond acceptors (Lipinski definition) is 2. The molecule has 6 aromatic carbocycles. The Hall–Kier alpha value is -7.33. The van der Waals surface area contributed by atoms with Crippen molar-refractivity contribution in [3.8, 4) is 34.6 Å². The third-order valence-corrected chi connectivity index (χ3v) is 9.05. The summed E-state index contributed by atoms with van der Waals surface area (Å²) in [6.45, 7) is 15.3. The first-order chi connectivity index (χ1) is 24.2. The van der Waals surface area contributed by atoms with Crippen LogP contribution in [0.25, 0.3) is 75.8 Å². The average Bonchev–Trinajstić information content (AvgIpc) is 3.65. The Labute approximate surface area is 282 Å². The van der Waals surface area contributed by atoms with E-state index in [1.807, 2.05) is 75.9 Å². The summed E-state index contributed by atoms with van der Waals surface area (Å²) in [5.41, 5.74) is 4.18. The number of rotatable bonds is 3. The van der Waals surface area contributed by atoms with Crippen LogP contribution in [0.5, 0.6) is 0 Å². The van der Waals surface area contributed by atoms with Gasteiger partial charge >= 0.3 is 6.18 Å². The number of aromatic nitrogens is 2. The molecule has 0 aliphatic carbocycles. The molecule has 0 fully saturated rings. The van der Waals surface area contributed by atoms with Crippen LogP contribution in [0.3, 0.4) is 0 Å². The van der Waals surface area contributed by atoms with Crippen LogP contribution in [0.1, 0.15) is 16.7 Å². The zero-order valence-corrected chi connectivity index (χ0v) is 25.8. The van der Waals surface area contributed by atoms with E-state index < -0.39 is 11.7 Å². The molecule has 0 saturated heterocycles. The molecule has 0 spiro atoms. The third-order valence-electron chi connectivity index (χ3n) is 9.05. The molecule has 0 radical (unpaired) electrons. The Balaban J connectivity index is 1.56. The topological polar surface area (TPSA) is 66.2 Å². The monoisotopic (exact) mass is 652 g/mol. The van der Waals surface area contributed by atoms with Crippen molar-refractivity contribution in [1.29, 1.82) is 10.5 Å². The Morgan fingerprint density at radius 2 is 1.04 bits per heavy atom. The van der Waals surface area contributed by atoms with Crippen molar-refractivity contribution >= 4 is 55.0 Å². The molecule has 2 heterocycles. The van der Waals surface area contributed by atoms with Crippen LogP contribution >= 0.6 is 0 Å². The van der Waals surface area contributed by atoms with Crippen LogP contribution in [-0.2, 0) is 6.18 Å². The van der Waals surface area contributed by atoms with Crippen molar-refractivity contribution in [2.24, 2.45) is 0 Å². The average molecular weight is 653 g/mol. The van der Waals surface area contributed by atoms with Gasteiger partial charge in [0.2, 0.25) is 0 Å². The van der Waals surface area contributed by atoms with Gasteiger partial charge in [-0.05, 0) is 48.5 Å². The van der Waals surface area contributed by atoms with Crippen molar-refractivity contribution < 1.29 is 13.2 Å². The number of hydrogen-bond donors (Lipinski definition) is 0. The van der Waals surface area contributed by atoms with Crippen LogP contribution in [0.2, 0.25) is 0 Å². The summed E-state index contributed by atoms with van der Waals surface area (Å²) in [6.07, 6.45) is -4.67. The molecule has 8 rings (SSSR count). The van der Waals surface area contributed by atoms with Gasteiger partial charge in [-0.25, -0.2) is 9.69 Å². The molecule has 0 N–H and O–H groups in total. The number of para-hydroxylation sites is 2. The Morgan fingerprint density at radius 3 is 1.56 bits per heavy atom. The highest BCUT2D eigenvalue weighted by molar-refractivity contribution is 6.12. The molecule has 0 saturated carbocycles. The lowest BCUT2D eigenvalue weighted by atomic mass is 9.94. The SMILES string of the molecule is [C-]#[N+]c1ccc2c3ccccc3n(-c3cc(-c4ccc(C(F)(F)F)cc4C#N)c(-n4c5ccccc5c5ccc([N+]#[C-])cc54)cc3C#N)c2c1. The highest BCUT2D eigenvalue weighted by Crippen LogP contribution is 2.43. The van der Waals surface area contributed by atoms with Gasteiger partial charge in [-0.2, -0.15) is 23.7 Å². The molecule has 0 bridgehead atoms. The largest absolute Gasteiger partial charge is 0.416 e. The number of nitriles is 2. The molecule has 6 nitrogen and oxygen atoms in total. The maximum Gasteiger partial charge on any atom is 0.416 e. The molecule has 0 atom stereocenters. The molecule has 50 heavy (non-hydrogen) atoms. The Bertz CT molecular complexity index is 2920. The standard InChI is InChI=1S/C41H19F3N6/c1-47-27-12-15-32-30-7-3-5-9-35(30)49(39(32)19-27)37-21-34(29-14-11-26(41(42,43)44)17-24(29)22-45)38(18-25(37)23-46)50-36-10-6-4-8-31(36)33-16-13-28(48-2)20-40(33)50/h3-21H. The molecule has 0 amide bonds. The number of benzene rings is 6. The minimum atomic E-state index is -4.67. The predicted molar refractivity (Wildman–Crippen MR) is 188 cm³/mol. The fourth-order valence-corrected chi connectivity index (χ4v) is 6.88. The Morgan fingerprint density at radius 1 is 0.520 bits per heavy atom. The van der Waals surface area contributed by atoms with Crippen LogP contribution < -0.4 is 0 Å². The van der Waals surface area contributed by atoms with Crippen LogP contribution in [-0.4, -0.2) is 9.13 Å². The maximum atomic E-state index is 13.9. The minimum Gasteiger partial charge on any atom is -0.310 e. The Kier molecular flexibility index (Phi) is 6.69. The second-order valence-corrected chi connectivity index (χ2v) is 11.7. The van der Waals surface area contributed by atoms with Gasteiger partial charge < -0.3 is 9.13 Å². The number of halogens is 3. The van der Waals surface area contributed by atoms with E-state index in [0.717, 1.165) is 44.7 Å². The zero-order valence-electron chi connectivity index (χ0n) is 25.8. The smallest absolute Gasteiger partial charge is 0.310 e. The fraction of sp³-hybridized carbons (Fsp3) is 0.0244. The first kappa shape index (κ1) is 30.0. The van der Waals surface area contributed by atoms with Crippen LogP contribution in [0.15, 0.2) is 115 Å². The van der Waals surface area contributed by atoms with E-state index in [4.69, 9.17) is 13.1 Å². The summed E-state index contributed by atoms with van der Waals surface area (Å²) in [5, 5.41) is 24.4. The van der Waals surface area contributed by atoms with E-state index in [-0.39, 0.29) is 16.7 Å². The molecule has 9 heteroatoms. The fourth-order valence-electron chi connectivity index (χ4n) is 6.88.